The third kappa shape index (κ3) is 1.13. The van der Waals surface area contributed by atoms with Crippen LogP contribution in [-0.4, -0.2) is 9.55 Å². The SMILES string of the molecule is Cn1c(Br)cnc1CF. The van der Waals surface area contributed by atoms with Crippen molar-refractivity contribution in [3.05, 3.63) is 16.6 Å². The molecule has 1 heterocycles. The van der Waals surface area contributed by atoms with E-state index in [1.54, 1.807) is 17.8 Å². The van der Waals surface area contributed by atoms with Crippen molar-refractivity contribution in [3.63, 3.8) is 0 Å². The van der Waals surface area contributed by atoms with Gasteiger partial charge in [-0.05, 0) is 15.9 Å². The van der Waals surface area contributed by atoms with Gasteiger partial charge in [0.15, 0.2) is 0 Å². The molecule has 0 aliphatic heterocycles. The fraction of sp³-hybridized carbons (Fsp3) is 0.400. The average molecular weight is 193 g/mol. The topological polar surface area (TPSA) is 17.8 Å². The van der Waals surface area contributed by atoms with Crippen LogP contribution in [0, 0.1) is 0 Å². The normalized spacial score (nSPS) is 10.1. The molecule has 0 aliphatic rings. The highest BCUT2D eigenvalue weighted by Crippen LogP contribution is 2.10. The quantitative estimate of drug-likeness (QED) is 0.662. The van der Waals surface area contributed by atoms with Gasteiger partial charge in [0, 0.05) is 7.05 Å². The van der Waals surface area contributed by atoms with Gasteiger partial charge in [0.2, 0.25) is 0 Å². The summed E-state index contributed by atoms with van der Waals surface area (Å²) in [4.78, 5) is 3.77. The molecule has 0 saturated heterocycles. The molecule has 0 aromatic carbocycles. The van der Waals surface area contributed by atoms with E-state index in [1.807, 2.05) is 0 Å². The van der Waals surface area contributed by atoms with Crippen LogP contribution in [0.4, 0.5) is 4.39 Å². The number of hydrogen-bond donors (Lipinski definition) is 0. The molecule has 9 heavy (non-hydrogen) atoms. The molecule has 0 aliphatic carbocycles. The molecule has 0 amide bonds. The van der Waals surface area contributed by atoms with Crippen LogP contribution in [0.15, 0.2) is 10.8 Å². The Kier molecular flexibility index (Phi) is 1.85. The Morgan fingerprint density at radius 3 is 2.78 bits per heavy atom. The highest BCUT2D eigenvalue weighted by Gasteiger charge is 2.00. The van der Waals surface area contributed by atoms with Gasteiger partial charge < -0.3 is 4.57 Å². The van der Waals surface area contributed by atoms with Gasteiger partial charge in [-0.15, -0.1) is 0 Å². The van der Waals surface area contributed by atoms with Crippen LogP contribution in [0.1, 0.15) is 5.82 Å². The molecule has 0 N–H and O–H groups in total. The smallest absolute Gasteiger partial charge is 0.147 e. The van der Waals surface area contributed by atoms with Crippen molar-refractivity contribution in [3.8, 4) is 0 Å². The van der Waals surface area contributed by atoms with Gasteiger partial charge >= 0.3 is 0 Å². The minimum atomic E-state index is -0.512. The van der Waals surface area contributed by atoms with Crippen LogP contribution in [0.3, 0.4) is 0 Å². The summed E-state index contributed by atoms with van der Waals surface area (Å²) in [5.41, 5.74) is 0. The molecule has 4 heteroatoms. The Hall–Kier alpha value is -0.380. The number of rotatable bonds is 1. The third-order valence-corrected chi connectivity index (χ3v) is 1.88. The molecule has 2 nitrogen and oxygen atoms in total. The molecule has 0 unspecified atom stereocenters. The van der Waals surface area contributed by atoms with Crippen molar-refractivity contribution in [2.24, 2.45) is 7.05 Å². The first-order valence-electron chi connectivity index (χ1n) is 2.47. The second kappa shape index (κ2) is 2.47. The zero-order chi connectivity index (χ0) is 6.85. The van der Waals surface area contributed by atoms with Crippen LogP contribution in [-0.2, 0) is 13.7 Å². The maximum absolute atomic E-state index is 11.9. The molecule has 0 fully saturated rings. The Morgan fingerprint density at radius 1 is 1.89 bits per heavy atom. The largest absolute Gasteiger partial charge is 0.324 e. The Morgan fingerprint density at radius 2 is 2.56 bits per heavy atom. The van der Waals surface area contributed by atoms with Crippen molar-refractivity contribution in [2.45, 2.75) is 6.67 Å². The van der Waals surface area contributed by atoms with E-state index in [2.05, 4.69) is 20.9 Å². The minimum Gasteiger partial charge on any atom is -0.324 e. The third-order valence-electron chi connectivity index (χ3n) is 1.15. The minimum absolute atomic E-state index is 0.446. The van der Waals surface area contributed by atoms with E-state index in [0.717, 1.165) is 4.60 Å². The molecule has 1 rings (SSSR count). The lowest BCUT2D eigenvalue weighted by molar-refractivity contribution is 0.454. The predicted molar refractivity (Wildman–Crippen MR) is 35.7 cm³/mol. The van der Waals surface area contributed by atoms with E-state index < -0.39 is 6.67 Å². The van der Waals surface area contributed by atoms with E-state index >= 15 is 0 Å². The Bertz CT molecular complexity index is 209. The molecule has 0 saturated carbocycles. The molecule has 0 spiro atoms. The molecule has 50 valence electrons. The molecule has 0 bridgehead atoms. The van der Waals surface area contributed by atoms with E-state index in [1.165, 1.54) is 0 Å². The van der Waals surface area contributed by atoms with E-state index in [0.29, 0.717) is 5.82 Å². The lowest BCUT2D eigenvalue weighted by Gasteiger charge is -1.94. The lowest BCUT2D eigenvalue weighted by Crippen LogP contribution is -1.94. The van der Waals surface area contributed by atoms with Crippen molar-refractivity contribution in [2.75, 3.05) is 0 Å². The van der Waals surface area contributed by atoms with Crippen LogP contribution < -0.4 is 0 Å². The molecular formula is C5H6BrFN2. The second-order valence-electron chi connectivity index (χ2n) is 1.69. The van der Waals surface area contributed by atoms with Crippen LogP contribution in [0.2, 0.25) is 0 Å². The second-order valence-corrected chi connectivity index (χ2v) is 2.50. The summed E-state index contributed by atoms with van der Waals surface area (Å²) >= 11 is 3.19. The first kappa shape index (κ1) is 6.74. The van der Waals surface area contributed by atoms with Gasteiger partial charge in [-0.2, -0.15) is 0 Å². The maximum atomic E-state index is 11.9. The summed E-state index contributed by atoms with van der Waals surface area (Å²) < 4.78 is 14.3. The zero-order valence-corrected chi connectivity index (χ0v) is 6.52. The first-order chi connectivity index (χ1) is 4.25. The first-order valence-corrected chi connectivity index (χ1v) is 3.27. The van der Waals surface area contributed by atoms with E-state index in [-0.39, 0.29) is 0 Å². The molecule has 1 aromatic heterocycles. The summed E-state index contributed by atoms with van der Waals surface area (Å²) in [6, 6.07) is 0. The lowest BCUT2D eigenvalue weighted by atomic mass is 10.7. The Labute approximate surface area is 60.8 Å². The fourth-order valence-corrected chi connectivity index (χ4v) is 0.855. The van der Waals surface area contributed by atoms with Crippen molar-refractivity contribution in [1.82, 2.24) is 9.55 Å². The van der Waals surface area contributed by atoms with Gasteiger partial charge in [0.1, 0.15) is 17.1 Å². The van der Waals surface area contributed by atoms with Gasteiger partial charge in [-0.3, -0.25) is 0 Å². The van der Waals surface area contributed by atoms with Crippen molar-refractivity contribution in [1.29, 1.82) is 0 Å². The summed E-state index contributed by atoms with van der Waals surface area (Å²) in [5, 5.41) is 0. The molecule has 0 atom stereocenters. The highest BCUT2D eigenvalue weighted by molar-refractivity contribution is 9.10. The number of alkyl halides is 1. The zero-order valence-electron chi connectivity index (χ0n) is 4.93. The molecule has 0 radical (unpaired) electrons. The average Bonchev–Trinajstić information content (AvgIpc) is 2.15. The standard InChI is InChI=1S/C5H6BrFN2/c1-9-4(6)3-8-5(9)2-7/h3H,2H2,1H3. The summed E-state index contributed by atoms with van der Waals surface area (Å²) in [5.74, 6) is 0.446. The summed E-state index contributed by atoms with van der Waals surface area (Å²) in [7, 11) is 1.76. The monoisotopic (exact) mass is 192 g/mol. The van der Waals surface area contributed by atoms with E-state index in [4.69, 9.17) is 0 Å². The van der Waals surface area contributed by atoms with E-state index in [9.17, 15) is 4.39 Å². The number of nitrogens with zero attached hydrogens (tertiary/aromatic N) is 2. The molecule has 1 aromatic rings. The Balaban J connectivity index is 3.04. The number of imidazole rings is 1. The fourth-order valence-electron chi connectivity index (χ4n) is 0.548. The molecular weight excluding hydrogens is 187 g/mol. The van der Waals surface area contributed by atoms with Crippen molar-refractivity contribution < 1.29 is 4.39 Å². The highest BCUT2D eigenvalue weighted by atomic mass is 79.9. The van der Waals surface area contributed by atoms with Crippen LogP contribution in [0.5, 0.6) is 0 Å². The van der Waals surface area contributed by atoms with Gasteiger partial charge in [-0.25, -0.2) is 9.37 Å². The van der Waals surface area contributed by atoms with Crippen LogP contribution in [0.25, 0.3) is 0 Å². The summed E-state index contributed by atoms with van der Waals surface area (Å²) in [6.07, 6.45) is 1.58. The predicted octanol–water partition coefficient (Wildman–Crippen LogP) is 1.65. The van der Waals surface area contributed by atoms with Crippen molar-refractivity contribution >= 4 is 15.9 Å². The van der Waals surface area contributed by atoms with Gasteiger partial charge in [0.25, 0.3) is 0 Å². The van der Waals surface area contributed by atoms with Gasteiger partial charge in [0.05, 0.1) is 6.20 Å². The summed E-state index contributed by atoms with van der Waals surface area (Å²) in [6.45, 7) is -0.512. The number of halogens is 2. The maximum Gasteiger partial charge on any atom is 0.147 e. The van der Waals surface area contributed by atoms with Gasteiger partial charge in [-0.1, -0.05) is 0 Å². The van der Waals surface area contributed by atoms with Crippen LogP contribution >= 0.6 is 15.9 Å². The number of aromatic nitrogens is 2. The number of hydrogen-bond acceptors (Lipinski definition) is 1.